The standard InChI is InChI=1S/C14H16ClNO3/c15-8-10-4-5-16(9-10)14(17)11-2-1-3-12-13(11)19-7-6-18-12/h1-3,10H,4-9H2. The summed E-state index contributed by atoms with van der Waals surface area (Å²) in [6.45, 7) is 2.51. The third-order valence-electron chi connectivity index (χ3n) is 3.59. The second-order valence-corrected chi connectivity index (χ2v) is 5.20. The van der Waals surface area contributed by atoms with Crippen molar-refractivity contribution >= 4 is 17.5 Å². The predicted octanol–water partition coefficient (Wildman–Crippen LogP) is 2.16. The number of ether oxygens (including phenoxy) is 2. The molecule has 0 N–H and O–H groups in total. The molecule has 0 spiro atoms. The number of rotatable bonds is 2. The largest absolute Gasteiger partial charge is 0.486 e. The first-order valence-corrected chi connectivity index (χ1v) is 7.07. The number of alkyl halides is 1. The summed E-state index contributed by atoms with van der Waals surface area (Å²) in [4.78, 5) is 14.4. The van der Waals surface area contributed by atoms with E-state index in [1.807, 2.05) is 17.0 Å². The maximum Gasteiger partial charge on any atom is 0.257 e. The van der Waals surface area contributed by atoms with Gasteiger partial charge in [0.05, 0.1) is 5.56 Å². The Morgan fingerprint density at radius 3 is 3.00 bits per heavy atom. The first kappa shape index (κ1) is 12.6. The van der Waals surface area contributed by atoms with Gasteiger partial charge in [-0.2, -0.15) is 0 Å². The summed E-state index contributed by atoms with van der Waals surface area (Å²) in [5, 5.41) is 0. The van der Waals surface area contributed by atoms with E-state index in [9.17, 15) is 4.79 Å². The molecular formula is C14H16ClNO3. The topological polar surface area (TPSA) is 38.8 Å². The van der Waals surface area contributed by atoms with Gasteiger partial charge in [0.1, 0.15) is 13.2 Å². The summed E-state index contributed by atoms with van der Waals surface area (Å²) in [6, 6.07) is 5.45. The van der Waals surface area contributed by atoms with Gasteiger partial charge in [-0.25, -0.2) is 0 Å². The molecule has 0 aliphatic carbocycles. The summed E-state index contributed by atoms with van der Waals surface area (Å²) in [5.74, 6) is 2.26. The normalized spacial score (nSPS) is 21.5. The Bertz CT molecular complexity index is 492. The van der Waals surface area contributed by atoms with Crippen molar-refractivity contribution in [3.63, 3.8) is 0 Å². The Balaban J connectivity index is 1.84. The number of hydrogen-bond acceptors (Lipinski definition) is 3. The van der Waals surface area contributed by atoms with Gasteiger partial charge in [0.15, 0.2) is 11.5 Å². The molecule has 0 radical (unpaired) electrons. The molecule has 1 unspecified atom stereocenters. The minimum absolute atomic E-state index is 0.00923. The van der Waals surface area contributed by atoms with Gasteiger partial charge in [0, 0.05) is 19.0 Å². The van der Waals surface area contributed by atoms with Crippen LogP contribution in [-0.4, -0.2) is 43.0 Å². The van der Waals surface area contributed by atoms with Crippen LogP contribution in [0.2, 0.25) is 0 Å². The molecule has 2 aliphatic rings. The van der Waals surface area contributed by atoms with Crippen LogP contribution in [0, 0.1) is 5.92 Å². The van der Waals surface area contributed by atoms with E-state index < -0.39 is 0 Å². The molecule has 1 aromatic rings. The second-order valence-electron chi connectivity index (χ2n) is 4.89. The highest BCUT2D eigenvalue weighted by Crippen LogP contribution is 2.35. The maximum absolute atomic E-state index is 12.5. The van der Waals surface area contributed by atoms with Crippen molar-refractivity contribution in [2.45, 2.75) is 6.42 Å². The smallest absolute Gasteiger partial charge is 0.257 e. The van der Waals surface area contributed by atoms with Crippen molar-refractivity contribution in [1.29, 1.82) is 0 Å². The van der Waals surface area contributed by atoms with E-state index in [1.54, 1.807) is 6.07 Å². The molecule has 0 saturated carbocycles. The minimum Gasteiger partial charge on any atom is -0.486 e. The lowest BCUT2D eigenvalue weighted by molar-refractivity contribution is 0.0777. The average molecular weight is 282 g/mol. The lowest BCUT2D eigenvalue weighted by Gasteiger charge is -2.23. The number of carbonyl (C=O) groups excluding carboxylic acids is 1. The number of carbonyl (C=O) groups is 1. The summed E-state index contributed by atoms with van der Waals surface area (Å²) >= 11 is 5.86. The van der Waals surface area contributed by atoms with Gasteiger partial charge in [-0.05, 0) is 24.5 Å². The maximum atomic E-state index is 12.5. The second kappa shape index (κ2) is 5.29. The van der Waals surface area contributed by atoms with Gasteiger partial charge >= 0.3 is 0 Å². The van der Waals surface area contributed by atoms with Crippen molar-refractivity contribution in [3.8, 4) is 11.5 Å². The molecule has 1 saturated heterocycles. The molecule has 2 heterocycles. The predicted molar refractivity (Wildman–Crippen MR) is 72.2 cm³/mol. The van der Waals surface area contributed by atoms with E-state index >= 15 is 0 Å². The molecule has 3 rings (SSSR count). The number of likely N-dealkylation sites (tertiary alicyclic amines) is 1. The molecule has 1 atom stereocenters. The van der Waals surface area contributed by atoms with Gasteiger partial charge < -0.3 is 14.4 Å². The molecular weight excluding hydrogens is 266 g/mol. The molecule has 1 amide bonds. The molecule has 1 aromatic carbocycles. The van der Waals surface area contributed by atoms with Gasteiger partial charge in [-0.15, -0.1) is 11.6 Å². The third kappa shape index (κ3) is 2.37. The molecule has 0 aromatic heterocycles. The van der Waals surface area contributed by atoms with Crippen LogP contribution >= 0.6 is 11.6 Å². The molecule has 102 valence electrons. The highest BCUT2D eigenvalue weighted by molar-refractivity contribution is 6.18. The molecule has 19 heavy (non-hydrogen) atoms. The molecule has 5 heteroatoms. The monoisotopic (exact) mass is 281 g/mol. The number of fused-ring (bicyclic) bond motifs is 1. The Hall–Kier alpha value is -1.42. The molecule has 0 bridgehead atoms. The first-order chi connectivity index (χ1) is 9.29. The average Bonchev–Trinajstić information content (AvgIpc) is 2.95. The van der Waals surface area contributed by atoms with E-state index in [4.69, 9.17) is 21.1 Å². The van der Waals surface area contributed by atoms with E-state index in [1.165, 1.54) is 0 Å². The lowest BCUT2D eigenvalue weighted by Crippen LogP contribution is -2.30. The summed E-state index contributed by atoms with van der Waals surface area (Å²) in [6.07, 6.45) is 0.974. The highest BCUT2D eigenvalue weighted by Gasteiger charge is 2.29. The first-order valence-electron chi connectivity index (χ1n) is 6.53. The fraction of sp³-hybridized carbons (Fsp3) is 0.500. The summed E-state index contributed by atoms with van der Waals surface area (Å²) < 4.78 is 11.1. The zero-order valence-corrected chi connectivity index (χ0v) is 11.4. The van der Waals surface area contributed by atoms with Crippen LogP contribution in [0.4, 0.5) is 0 Å². The lowest BCUT2D eigenvalue weighted by atomic mass is 10.1. The van der Waals surface area contributed by atoms with Crippen LogP contribution in [0.5, 0.6) is 11.5 Å². The fourth-order valence-electron chi connectivity index (χ4n) is 2.56. The Morgan fingerprint density at radius 2 is 2.21 bits per heavy atom. The zero-order chi connectivity index (χ0) is 13.2. The van der Waals surface area contributed by atoms with Crippen LogP contribution in [0.1, 0.15) is 16.8 Å². The quantitative estimate of drug-likeness (QED) is 0.780. The molecule has 2 aliphatic heterocycles. The number of benzene rings is 1. The number of nitrogens with zero attached hydrogens (tertiary/aromatic N) is 1. The van der Waals surface area contributed by atoms with E-state index in [-0.39, 0.29) is 5.91 Å². The van der Waals surface area contributed by atoms with Crippen LogP contribution < -0.4 is 9.47 Å². The van der Waals surface area contributed by atoms with Crippen LogP contribution in [0.25, 0.3) is 0 Å². The molecule has 4 nitrogen and oxygen atoms in total. The van der Waals surface area contributed by atoms with E-state index in [0.29, 0.717) is 42.1 Å². The van der Waals surface area contributed by atoms with Gasteiger partial charge in [-0.3, -0.25) is 4.79 Å². The Morgan fingerprint density at radius 1 is 1.37 bits per heavy atom. The SMILES string of the molecule is O=C(c1cccc2c1OCCO2)N1CCC(CCl)C1. The van der Waals surface area contributed by atoms with Crippen molar-refractivity contribution < 1.29 is 14.3 Å². The minimum atomic E-state index is 0.00923. The van der Waals surface area contributed by atoms with Crippen LogP contribution in [-0.2, 0) is 0 Å². The summed E-state index contributed by atoms with van der Waals surface area (Å²) in [7, 11) is 0. The fourth-order valence-corrected chi connectivity index (χ4v) is 2.81. The number of halogens is 1. The van der Waals surface area contributed by atoms with E-state index in [2.05, 4.69) is 0 Å². The number of amides is 1. The molecule has 1 fully saturated rings. The van der Waals surface area contributed by atoms with Crippen molar-refractivity contribution in [2.24, 2.45) is 5.92 Å². The van der Waals surface area contributed by atoms with Gasteiger partial charge in [-0.1, -0.05) is 6.07 Å². The Kier molecular flexibility index (Phi) is 3.51. The summed E-state index contributed by atoms with van der Waals surface area (Å²) in [5.41, 5.74) is 0.590. The zero-order valence-electron chi connectivity index (χ0n) is 10.6. The third-order valence-corrected chi connectivity index (χ3v) is 4.02. The van der Waals surface area contributed by atoms with Crippen molar-refractivity contribution in [3.05, 3.63) is 23.8 Å². The Labute approximate surface area is 117 Å². The van der Waals surface area contributed by atoms with Crippen molar-refractivity contribution in [1.82, 2.24) is 4.90 Å². The van der Waals surface area contributed by atoms with Crippen LogP contribution in [0.15, 0.2) is 18.2 Å². The number of para-hydroxylation sites is 1. The van der Waals surface area contributed by atoms with Gasteiger partial charge in [0.25, 0.3) is 5.91 Å². The van der Waals surface area contributed by atoms with Crippen molar-refractivity contribution in [2.75, 3.05) is 32.2 Å². The van der Waals surface area contributed by atoms with Gasteiger partial charge in [0.2, 0.25) is 0 Å². The number of hydrogen-bond donors (Lipinski definition) is 0. The highest BCUT2D eigenvalue weighted by atomic mass is 35.5. The van der Waals surface area contributed by atoms with E-state index in [0.717, 1.165) is 19.5 Å². The van der Waals surface area contributed by atoms with Crippen LogP contribution in [0.3, 0.4) is 0 Å².